The monoisotopic (exact) mass is 278 g/mol. The lowest BCUT2D eigenvalue weighted by Gasteiger charge is -2.25. The van der Waals surface area contributed by atoms with E-state index in [1.54, 1.807) is 0 Å². The third-order valence-electron chi connectivity index (χ3n) is 3.62. The number of para-hydroxylation sites is 1. The van der Waals surface area contributed by atoms with E-state index >= 15 is 0 Å². The Hall–Kier alpha value is -1.00. The molecule has 2 rings (SSSR count). The smallest absolute Gasteiger partial charge is 0.241 e. The number of hydrogen-bond donors (Lipinski definition) is 2. The second-order valence-corrected chi connectivity index (χ2v) is 7.10. The third kappa shape index (κ3) is 3.74. The molecule has 1 aliphatic heterocycles. The van der Waals surface area contributed by atoms with Gasteiger partial charge in [0, 0.05) is 17.0 Å². The van der Waals surface area contributed by atoms with Crippen LogP contribution in [0.25, 0.3) is 0 Å². The zero-order valence-electron chi connectivity index (χ0n) is 11.8. The van der Waals surface area contributed by atoms with Crippen molar-refractivity contribution in [3.63, 3.8) is 0 Å². The van der Waals surface area contributed by atoms with Gasteiger partial charge in [-0.1, -0.05) is 18.2 Å². The molecule has 1 amide bonds. The Morgan fingerprint density at radius 3 is 2.89 bits per heavy atom. The molecular weight excluding hydrogens is 256 g/mol. The van der Waals surface area contributed by atoms with Crippen LogP contribution in [0, 0.1) is 0 Å². The van der Waals surface area contributed by atoms with E-state index in [9.17, 15) is 4.79 Å². The van der Waals surface area contributed by atoms with E-state index in [1.807, 2.05) is 30.0 Å². The molecule has 0 saturated heterocycles. The van der Waals surface area contributed by atoms with Crippen molar-refractivity contribution in [2.75, 3.05) is 18.1 Å². The zero-order chi connectivity index (χ0) is 13.9. The summed E-state index contributed by atoms with van der Waals surface area (Å²) in [5.41, 5.74) is 2.19. The summed E-state index contributed by atoms with van der Waals surface area (Å²) >= 11 is 1.82. The number of rotatable bonds is 4. The van der Waals surface area contributed by atoms with Gasteiger partial charge in [-0.15, -0.1) is 0 Å². The average molecular weight is 278 g/mol. The van der Waals surface area contributed by atoms with Crippen LogP contribution in [-0.4, -0.2) is 29.5 Å². The number of nitrogens with one attached hydrogen (secondary N) is 2. The van der Waals surface area contributed by atoms with E-state index in [-0.39, 0.29) is 16.7 Å². The van der Waals surface area contributed by atoms with Crippen molar-refractivity contribution >= 4 is 23.4 Å². The minimum atomic E-state index is -0.0983. The fraction of sp³-hybridized carbons (Fsp3) is 0.533. The van der Waals surface area contributed by atoms with E-state index in [0.29, 0.717) is 0 Å². The molecule has 4 heteroatoms. The van der Waals surface area contributed by atoms with Gasteiger partial charge in [0.1, 0.15) is 0 Å². The summed E-state index contributed by atoms with van der Waals surface area (Å²) < 4.78 is 0.152. The molecule has 0 saturated carbocycles. The van der Waals surface area contributed by atoms with Crippen molar-refractivity contribution in [2.24, 2.45) is 0 Å². The Balaban J connectivity index is 2.01. The highest BCUT2D eigenvalue weighted by Crippen LogP contribution is 2.23. The SMILES string of the molecule is CSC(C)(C)CNC1CCc2ccccc2NC1=O. The Kier molecular flexibility index (Phi) is 4.53. The predicted molar refractivity (Wildman–Crippen MR) is 82.8 cm³/mol. The van der Waals surface area contributed by atoms with Gasteiger partial charge in [-0.05, 0) is 44.6 Å². The first kappa shape index (κ1) is 14.4. The molecule has 104 valence electrons. The molecule has 0 bridgehead atoms. The van der Waals surface area contributed by atoms with Gasteiger partial charge in [0.2, 0.25) is 5.91 Å². The summed E-state index contributed by atoms with van der Waals surface area (Å²) in [6, 6.07) is 7.95. The summed E-state index contributed by atoms with van der Waals surface area (Å²) in [7, 11) is 0. The Morgan fingerprint density at radius 2 is 2.16 bits per heavy atom. The highest BCUT2D eigenvalue weighted by Gasteiger charge is 2.25. The molecule has 1 heterocycles. The summed E-state index contributed by atoms with van der Waals surface area (Å²) in [6.45, 7) is 5.21. The molecular formula is C15H22N2OS. The van der Waals surface area contributed by atoms with Crippen molar-refractivity contribution in [1.29, 1.82) is 0 Å². The number of thioether (sulfide) groups is 1. The number of fused-ring (bicyclic) bond motifs is 1. The standard InChI is InChI=1S/C15H22N2OS/c1-15(2,19-3)10-16-13-9-8-11-6-4-5-7-12(11)17-14(13)18/h4-7,13,16H,8-10H2,1-3H3,(H,17,18). The van der Waals surface area contributed by atoms with Crippen LogP contribution in [0.15, 0.2) is 24.3 Å². The fourth-order valence-corrected chi connectivity index (χ4v) is 2.37. The first-order valence-corrected chi connectivity index (χ1v) is 7.91. The lowest BCUT2D eigenvalue weighted by Crippen LogP contribution is -2.45. The van der Waals surface area contributed by atoms with Crippen LogP contribution in [0.5, 0.6) is 0 Å². The fourth-order valence-electron chi connectivity index (χ4n) is 2.15. The lowest BCUT2D eigenvalue weighted by atomic mass is 10.1. The van der Waals surface area contributed by atoms with Crippen LogP contribution in [-0.2, 0) is 11.2 Å². The summed E-state index contributed by atoms with van der Waals surface area (Å²) in [5, 5.41) is 6.42. The molecule has 0 fully saturated rings. The normalized spacial score (nSPS) is 19.5. The topological polar surface area (TPSA) is 41.1 Å². The molecule has 19 heavy (non-hydrogen) atoms. The van der Waals surface area contributed by atoms with Crippen LogP contribution >= 0.6 is 11.8 Å². The van der Waals surface area contributed by atoms with Crippen LogP contribution in [0.2, 0.25) is 0 Å². The maximum absolute atomic E-state index is 12.2. The summed E-state index contributed by atoms with van der Waals surface area (Å²) in [4.78, 5) is 12.2. The molecule has 1 unspecified atom stereocenters. The number of carbonyl (C=O) groups is 1. The molecule has 2 N–H and O–H groups in total. The summed E-state index contributed by atoms with van der Waals surface area (Å²) in [5.74, 6) is 0.0850. The van der Waals surface area contributed by atoms with Crippen molar-refractivity contribution < 1.29 is 4.79 Å². The number of anilines is 1. The van der Waals surface area contributed by atoms with Crippen LogP contribution in [0.3, 0.4) is 0 Å². The molecule has 3 nitrogen and oxygen atoms in total. The van der Waals surface area contributed by atoms with Gasteiger partial charge in [0.15, 0.2) is 0 Å². The van der Waals surface area contributed by atoms with Crippen molar-refractivity contribution in [3.8, 4) is 0 Å². The van der Waals surface area contributed by atoms with E-state index in [1.165, 1.54) is 5.56 Å². The van der Waals surface area contributed by atoms with E-state index in [0.717, 1.165) is 25.1 Å². The molecule has 0 aromatic heterocycles. The Bertz CT molecular complexity index is 459. The Morgan fingerprint density at radius 1 is 1.42 bits per heavy atom. The minimum Gasteiger partial charge on any atom is -0.324 e. The lowest BCUT2D eigenvalue weighted by molar-refractivity contribution is -0.118. The number of hydrogen-bond acceptors (Lipinski definition) is 3. The molecule has 1 aliphatic rings. The molecule has 0 spiro atoms. The highest BCUT2D eigenvalue weighted by atomic mass is 32.2. The van der Waals surface area contributed by atoms with Gasteiger partial charge in [-0.3, -0.25) is 4.79 Å². The second kappa shape index (κ2) is 5.97. The van der Waals surface area contributed by atoms with Gasteiger partial charge in [-0.25, -0.2) is 0 Å². The molecule has 1 aromatic rings. The summed E-state index contributed by atoms with van der Waals surface area (Å²) in [6.07, 6.45) is 3.89. The molecule has 0 aliphatic carbocycles. The minimum absolute atomic E-state index is 0.0850. The van der Waals surface area contributed by atoms with Crippen molar-refractivity contribution in [1.82, 2.24) is 5.32 Å². The van der Waals surface area contributed by atoms with Gasteiger partial charge in [0.25, 0.3) is 0 Å². The average Bonchev–Trinajstić information content (AvgIpc) is 2.55. The largest absolute Gasteiger partial charge is 0.324 e. The van der Waals surface area contributed by atoms with Crippen molar-refractivity contribution in [2.45, 2.75) is 37.5 Å². The third-order valence-corrected chi connectivity index (χ3v) is 4.87. The van der Waals surface area contributed by atoms with E-state index in [2.05, 4.69) is 36.8 Å². The first-order chi connectivity index (χ1) is 9.02. The second-order valence-electron chi connectivity index (χ2n) is 5.58. The predicted octanol–water partition coefficient (Wildman–Crippen LogP) is 2.67. The molecule has 1 aromatic carbocycles. The van der Waals surface area contributed by atoms with Gasteiger partial charge >= 0.3 is 0 Å². The number of carbonyl (C=O) groups excluding carboxylic acids is 1. The number of amides is 1. The Labute approximate surface area is 119 Å². The highest BCUT2D eigenvalue weighted by molar-refractivity contribution is 7.99. The maximum atomic E-state index is 12.2. The number of aryl methyl sites for hydroxylation is 1. The maximum Gasteiger partial charge on any atom is 0.241 e. The van der Waals surface area contributed by atoms with Crippen molar-refractivity contribution in [3.05, 3.63) is 29.8 Å². The van der Waals surface area contributed by atoms with Crippen LogP contribution in [0.4, 0.5) is 5.69 Å². The molecule has 0 radical (unpaired) electrons. The quantitative estimate of drug-likeness (QED) is 0.889. The zero-order valence-corrected chi connectivity index (χ0v) is 12.6. The van der Waals surface area contributed by atoms with Crippen LogP contribution < -0.4 is 10.6 Å². The van der Waals surface area contributed by atoms with Gasteiger partial charge in [0.05, 0.1) is 6.04 Å². The van der Waals surface area contributed by atoms with E-state index < -0.39 is 0 Å². The van der Waals surface area contributed by atoms with Gasteiger partial charge < -0.3 is 10.6 Å². The van der Waals surface area contributed by atoms with Gasteiger partial charge in [-0.2, -0.15) is 11.8 Å². The molecule has 1 atom stereocenters. The van der Waals surface area contributed by atoms with E-state index in [4.69, 9.17) is 0 Å². The number of benzene rings is 1. The van der Waals surface area contributed by atoms with Crippen LogP contribution in [0.1, 0.15) is 25.8 Å². The first-order valence-electron chi connectivity index (χ1n) is 6.69.